The van der Waals surface area contributed by atoms with E-state index in [0.717, 1.165) is 230 Å². The molecule has 1 amide bonds. The molecule has 4 aliphatic carbocycles. The summed E-state index contributed by atoms with van der Waals surface area (Å²) in [6, 6.07) is 65.2. The summed E-state index contributed by atoms with van der Waals surface area (Å²) in [4.78, 5) is 67.6. The minimum atomic E-state index is -0.243. The van der Waals surface area contributed by atoms with Gasteiger partial charge >= 0.3 is 0 Å². The number of H-pyrrole nitrogens is 4. The maximum absolute atomic E-state index is 14.8. The molecule has 23 rings (SSSR count). The molecule has 706 valence electrons. The summed E-state index contributed by atoms with van der Waals surface area (Å²) in [5.41, 5.74) is 19.4. The number of carbonyl (C=O) groups is 1. The summed E-state index contributed by atoms with van der Waals surface area (Å²) in [5, 5.41) is 10.5. The molecule has 4 fully saturated rings. The molecule has 10 aromatic carbocycles. The van der Waals surface area contributed by atoms with Crippen LogP contribution in [0.5, 0.6) is 0 Å². The highest BCUT2D eigenvalue weighted by atomic mass is 19.1. The normalized spacial score (nSPS) is 19.3. The summed E-state index contributed by atoms with van der Waals surface area (Å²) in [7, 11) is 1.61. The second-order valence-corrected chi connectivity index (χ2v) is 38.6. The Morgan fingerprint density at radius 1 is 0.360 bits per heavy atom. The number of benzene rings is 10. The number of aryl methyl sites for hydroxylation is 1. The predicted octanol–water partition coefficient (Wildman–Crippen LogP) is 28.7. The Balaban J connectivity index is 0.000000114. The van der Waals surface area contributed by atoms with Crippen LogP contribution in [0.25, 0.3) is 121 Å². The fraction of sp³-hybridized carbons (Fsp3) is 0.313. The van der Waals surface area contributed by atoms with E-state index >= 15 is 0 Å². The second-order valence-electron chi connectivity index (χ2n) is 38.6. The number of aromatic amines is 4. The van der Waals surface area contributed by atoms with Crippen molar-refractivity contribution in [1.82, 2.24) is 75.3 Å². The van der Waals surface area contributed by atoms with Gasteiger partial charge in [0.2, 0.25) is 0 Å². The number of halogens is 6. The number of fused-ring (bicyclic) bond motifs is 8. The number of imidazole rings is 4. The van der Waals surface area contributed by atoms with Gasteiger partial charge in [-0.15, -0.1) is 0 Å². The van der Waals surface area contributed by atoms with Gasteiger partial charge in [-0.2, -0.15) is 4.98 Å². The lowest BCUT2D eigenvalue weighted by atomic mass is 9.73. The van der Waals surface area contributed by atoms with Gasteiger partial charge in [-0.3, -0.25) is 24.7 Å². The van der Waals surface area contributed by atoms with Gasteiger partial charge in [0.25, 0.3) is 11.8 Å². The number of amides is 1. The van der Waals surface area contributed by atoms with Crippen molar-refractivity contribution in [2.24, 2.45) is 23.7 Å². The molecule has 139 heavy (non-hydrogen) atoms. The Morgan fingerprint density at radius 3 is 1.02 bits per heavy atom. The zero-order chi connectivity index (χ0) is 95.5. The standard InChI is InChI=1S/2C30H27F2N3.C28H31FN4O2.C27H26FN5O/c2*1-18(30-34-28-16-24(20-5-3-2-4-6-20)26(32)17-29(28)35-30)19-7-9-21(10-8-19)23-13-14-33-27-12-11-22(31)15-25(23)27;1-17(27-32-25-9-7-20(15-26(25)33-27)28(34)31-13-14-35-2)18-3-5-19(6-4-18)22-11-12-30-24-10-8-21(29)16-23(22)24;1-15(26-31-24-9-7-19(13-25(24)32-26)27-30-16(2)33-34-27)17-3-5-18(6-4-17)21-11-12-29-23-10-8-20(28)14-22(21)23/h2*2-6,11-19,21H,7-10H2,1H3,(H,34,35);7-12,15-19H,3-6,13-14H2,1-2H3,(H,31,34)(H,32,33);7-15,17-18H,3-6H2,1-2H3,(H,31,32)/t18-,19?,21?;;;/m1.../s1. The molecule has 24 heteroatoms. The van der Waals surface area contributed by atoms with Gasteiger partial charge in [0.1, 0.15) is 58.2 Å². The first kappa shape index (κ1) is 92.6. The van der Waals surface area contributed by atoms with Crippen molar-refractivity contribution < 1.29 is 40.4 Å². The molecule has 3 unspecified atom stereocenters. The highest BCUT2D eigenvalue weighted by Crippen LogP contribution is 2.49. The first-order chi connectivity index (χ1) is 67.7. The van der Waals surface area contributed by atoms with Crippen molar-refractivity contribution in [3.05, 3.63) is 335 Å². The van der Waals surface area contributed by atoms with Gasteiger partial charge in [-0.25, -0.2) is 46.3 Å². The molecule has 4 atom stereocenters. The third-order valence-corrected chi connectivity index (χ3v) is 30.3. The second kappa shape index (κ2) is 40.9. The molecule has 0 aliphatic heterocycles. The summed E-state index contributed by atoms with van der Waals surface area (Å²) >= 11 is 0. The van der Waals surface area contributed by atoms with E-state index in [-0.39, 0.29) is 58.6 Å². The van der Waals surface area contributed by atoms with E-state index in [9.17, 15) is 31.1 Å². The average Bonchev–Trinajstić information content (AvgIpc) is 1.66. The number of hydrogen-bond acceptors (Lipinski definition) is 13. The number of hydrogen-bond donors (Lipinski definition) is 5. The van der Waals surface area contributed by atoms with Crippen molar-refractivity contribution in [3.63, 3.8) is 0 Å². The van der Waals surface area contributed by atoms with E-state index in [0.29, 0.717) is 94.8 Å². The van der Waals surface area contributed by atoms with Crippen LogP contribution < -0.4 is 5.32 Å². The Morgan fingerprint density at radius 2 is 0.683 bits per heavy atom. The SMILES string of the molecule is CC(c1nc2cc(-c3ccccc3)c(F)cc2[nH]1)C1CCC(c2ccnc3ccc(F)cc23)CC1.COCCNC(=O)c1ccc2nc(C(C)C3CCC(c4ccnc5ccc(F)cc45)CC3)[nH]c2c1.C[C@@H](c1nc2cc(-c3ccccc3)c(F)cc2[nH]1)C1CCC(c2ccnc3ccc(F)cc23)CC1.Cc1noc(-c2ccc3nc(C(C)C4CCC(c5ccnc6ccc(F)cc56)CC4)[nH]c3c2)n1. The highest BCUT2D eigenvalue weighted by Gasteiger charge is 2.36. The minimum Gasteiger partial charge on any atom is -0.383 e. The maximum atomic E-state index is 14.8. The quantitative estimate of drug-likeness (QED) is 0.0374. The number of pyridine rings is 4. The molecule has 18 nitrogen and oxygen atoms in total. The third-order valence-electron chi connectivity index (χ3n) is 30.3. The number of aromatic nitrogens is 14. The molecule has 0 spiro atoms. The Kier molecular flexibility index (Phi) is 27.2. The van der Waals surface area contributed by atoms with E-state index < -0.39 is 0 Å². The largest absolute Gasteiger partial charge is 0.383 e. The summed E-state index contributed by atoms with van der Waals surface area (Å²) in [6.07, 6.45) is 24.6. The van der Waals surface area contributed by atoms with Crippen LogP contribution in [0.15, 0.2) is 248 Å². The van der Waals surface area contributed by atoms with E-state index in [1.165, 1.54) is 46.5 Å². The van der Waals surface area contributed by atoms with E-state index in [4.69, 9.17) is 29.2 Å². The smallest absolute Gasteiger partial charge is 0.257 e. The molecule has 9 aromatic heterocycles. The van der Waals surface area contributed by atoms with Crippen LogP contribution >= 0.6 is 0 Å². The minimum absolute atomic E-state index is 0.116. The lowest BCUT2D eigenvalue weighted by molar-refractivity contribution is 0.0937. The van der Waals surface area contributed by atoms with Crippen molar-refractivity contribution in [3.8, 4) is 33.7 Å². The average molecular weight is 1870 g/mol. The van der Waals surface area contributed by atoms with Crippen molar-refractivity contribution >= 4 is 93.7 Å². The summed E-state index contributed by atoms with van der Waals surface area (Å²) in [6.45, 7) is 11.7. The fourth-order valence-electron chi connectivity index (χ4n) is 22.4. The van der Waals surface area contributed by atoms with E-state index in [1.54, 1.807) is 67.8 Å². The number of rotatable bonds is 19. The van der Waals surface area contributed by atoms with Gasteiger partial charge in [0, 0.05) is 118 Å². The molecule has 4 aliphatic rings. The fourth-order valence-corrected chi connectivity index (χ4v) is 22.4. The molecule has 9 heterocycles. The Labute approximate surface area is 802 Å². The van der Waals surface area contributed by atoms with Gasteiger partial charge in [-0.1, -0.05) is 93.5 Å². The lowest BCUT2D eigenvalue weighted by Crippen LogP contribution is -2.26. The first-order valence-electron chi connectivity index (χ1n) is 48.9. The summed E-state index contributed by atoms with van der Waals surface area (Å²) < 4.78 is 95.6. The van der Waals surface area contributed by atoms with E-state index in [1.807, 2.05) is 153 Å². The number of carbonyl (C=O) groups excluding carboxylic acids is 1. The van der Waals surface area contributed by atoms with Crippen LogP contribution in [0.3, 0.4) is 0 Å². The zero-order valence-electron chi connectivity index (χ0n) is 78.7. The monoisotopic (exact) mass is 1860 g/mol. The number of methoxy groups -OCH3 is 1. The highest BCUT2D eigenvalue weighted by molar-refractivity contribution is 5.97. The molecule has 4 saturated carbocycles. The van der Waals surface area contributed by atoms with Crippen LogP contribution in [0.4, 0.5) is 26.3 Å². The van der Waals surface area contributed by atoms with Crippen LogP contribution in [0.1, 0.15) is 240 Å². The van der Waals surface area contributed by atoms with E-state index in [2.05, 4.69) is 95.2 Å². The van der Waals surface area contributed by atoms with Crippen LogP contribution in [-0.2, 0) is 4.74 Å². The molecular formula is C115H111F6N15O3. The van der Waals surface area contributed by atoms with Crippen LogP contribution in [0.2, 0.25) is 0 Å². The van der Waals surface area contributed by atoms with Crippen molar-refractivity contribution in [2.45, 2.75) is 185 Å². The number of nitrogens with zero attached hydrogens (tertiary/aromatic N) is 10. The molecule has 0 radical (unpaired) electrons. The van der Waals surface area contributed by atoms with Gasteiger partial charge in [0.05, 0.1) is 72.8 Å². The van der Waals surface area contributed by atoms with Gasteiger partial charge < -0.3 is 34.5 Å². The Hall–Kier alpha value is -14.1. The predicted molar refractivity (Wildman–Crippen MR) is 537 cm³/mol. The topological polar surface area (TPSA) is 244 Å². The van der Waals surface area contributed by atoms with Gasteiger partial charge in [-0.05, 0) is 336 Å². The maximum Gasteiger partial charge on any atom is 0.257 e. The molecule has 0 saturated heterocycles. The van der Waals surface area contributed by atoms with Crippen LogP contribution in [-0.4, -0.2) is 96.1 Å². The Bertz CT molecular complexity index is 7390. The van der Waals surface area contributed by atoms with Crippen molar-refractivity contribution in [1.29, 1.82) is 0 Å². The van der Waals surface area contributed by atoms with Crippen LogP contribution in [0, 0.1) is 65.5 Å². The molecule has 0 bridgehead atoms. The third kappa shape index (κ3) is 20.2. The first-order valence-corrected chi connectivity index (χ1v) is 48.9. The van der Waals surface area contributed by atoms with Gasteiger partial charge in [0.15, 0.2) is 5.82 Å². The van der Waals surface area contributed by atoms with Crippen molar-refractivity contribution in [2.75, 3.05) is 20.3 Å². The molecule has 5 N–H and O–H groups in total. The number of ether oxygens (including phenoxy) is 1. The lowest BCUT2D eigenvalue weighted by Gasteiger charge is -2.32. The molecule has 19 aromatic rings. The zero-order valence-corrected chi connectivity index (χ0v) is 78.7. The molecular weight excluding hydrogens is 1750 g/mol. The number of nitrogens with one attached hydrogen (secondary N) is 5. The summed E-state index contributed by atoms with van der Waals surface area (Å²) in [5.74, 6) is 8.37.